The summed E-state index contributed by atoms with van der Waals surface area (Å²) in [6, 6.07) is 13.7. The van der Waals surface area contributed by atoms with Crippen molar-refractivity contribution >= 4 is 0 Å². The lowest BCUT2D eigenvalue weighted by molar-refractivity contribution is 0.624. The van der Waals surface area contributed by atoms with Gasteiger partial charge in [0.2, 0.25) is 0 Å². The monoisotopic (exact) mass is 308 g/mol. The van der Waals surface area contributed by atoms with Crippen molar-refractivity contribution < 1.29 is 4.39 Å². The van der Waals surface area contributed by atoms with E-state index in [1.54, 1.807) is 25.1 Å². The number of aromatic nitrogens is 2. The van der Waals surface area contributed by atoms with Crippen molar-refractivity contribution in [3.8, 4) is 16.9 Å². The van der Waals surface area contributed by atoms with Crippen molar-refractivity contribution in [1.29, 1.82) is 0 Å². The van der Waals surface area contributed by atoms with Crippen molar-refractivity contribution in [2.24, 2.45) is 0 Å². The van der Waals surface area contributed by atoms with Gasteiger partial charge in [-0.1, -0.05) is 18.2 Å². The second-order valence-electron chi connectivity index (χ2n) is 5.71. The lowest BCUT2D eigenvalue weighted by Crippen LogP contribution is -2.23. The summed E-state index contributed by atoms with van der Waals surface area (Å²) in [7, 11) is 0. The number of rotatable bonds is 2. The molecule has 0 aliphatic carbocycles. The van der Waals surface area contributed by atoms with Crippen LogP contribution >= 0.6 is 0 Å². The maximum Gasteiger partial charge on any atom is 0.274 e. The third-order valence-corrected chi connectivity index (χ3v) is 3.95. The smallest absolute Gasteiger partial charge is 0.267 e. The minimum atomic E-state index is -0.398. The zero-order valence-corrected chi connectivity index (χ0v) is 13.3. The van der Waals surface area contributed by atoms with E-state index in [9.17, 15) is 9.18 Å². The molecule has 0 fully saturated rings. The van der Waals surface area contributed by atoms with Gasteiger partial charge in [-0.2, -0.15) is 9.78 Å². The molecule has 3 rings (SSSR count). The molecule has 0 N–H and O–H groups in total. The Kier molecular flexibility index (Phi) is 3.82. The van der Waals surface area contributed by atoms with Crippen molar-refractivity contribution in [3.05, 3.63) is 81.4 Å². The largest absolute Gasteiger partial charge is 0.274 e. The van der Waals surface area contributed by atoms with Gasteiger partial charge in [0.1, 0.15) is 5.82 Å². The molecule has 0 saturated carbocycles. The van der Waals surface area contributed by atoms with Crippen LogP contribution in [0.1, 0.15) is 16.7 Å². The van der Waals surface area contributed by atoms with Gasteiger partial charge in [-0.15, -0.1) is 0 Å². The second-order valence-corrected chi connectivity index (χ2v) is 5.71. The number of hydrogen-bond donors (Lipinski definition) is 0. The molecule has 0 radical (unpaired) electrons. The number of benzene rings is 2. The van der Waals surface area contributed by atoms with E-state index in [-0.39, 0.29) is 5.56 Å². The van der Waals surface area contributed by atoms with E-state index in [1.165, 1.54) is 22.4 Å². The molecule has 0 atom stereocenters. The van der Waals surface area contributed by atoms with Gasteiger partial charge in [0.15, 0.2) is 0 Å². The Labute approximate surface area is 134 Å². The highest BCUT2D eigenvalue weighted by molar-refractivity contribution is 5.61. The quantitative estimate of drug-likeness (QED) is 0.718. The molecule has 0 aliphatic rings. The fraction of sp³-hybridized carbons (Fsp3) is 0.158. The predicted octanol–water partition coefficient (Wildman–Crippen LogP) is 3.96. The standard InChI is InChI=1S/C19H17FN2O/c1-12-7-8-15(9-13(12)2)18-10-14(3)19(23)22(21-18)17-6-4-5-16(20)11-17/h4-11H,1-3H3. The molecule has 4 heteroatoms. The van der Waals surface area contributed by atoms with Crippen molar-refractivity contribution in [2.75, 3.05) is 0 Å². The van der Waals surface area contributed by atoms with Crippen molar-refractivity contribution in [3.63, 3.8) is 0 Å². The average molecular weight is 308 g/mol. The van der Waals surface area contributed by atoms with Crippen LogP contribution < -0.4 is 5.56 Å². The van der Waals surface area contributed by atoms with Crippen LogP contribution in [0.2, 0.25) is 0 Å². The normalized spacial score (nSPS) is 10.8. The van der Waals surface area contributed by atoms with Crippen LogP contribution in [0.5, 0.6) is 0 Å². The van der Waals surface area contributed by atoms with Crippen LogP contribution in [-0.4, -0.2) is 9.78 Å². The first kappa shape index (κ1) is 15.2. The lowest BCUT2D eigenvalue weighted by Gasteiger charge is -2.10. The first-order chi connectivity index (χ1) is 11.0. The van der Waals surface area contributed by atoms with Gasteiger partial charge in [-0.05, 0) is 62.2 Å². The molecule has 3 aromatic rings. The highest BCUT2D eigenvalue weighted by atomic mass is 19.1. The van der Waals surface area contributed by atoms with Crippen LogP contribution in [0.25, 0.3) is 16.9 Å². The Bertz CT molecular complexity index is 944. The molecule has 1 aromatic heterocycles. The summed E-state index contributed by atoms with van der Waals surface area (Å²) in [6.45, 7) is 5.82. The van der Waals surface area contributed by atoms with Crippen LogP contribution in [0.15, 0.2) is 53.3 Å². The molecule has 0 saturated heterocycles. The van der Waals surface area contributed by atoms with Gasteiger partial charge < -0.3 is 0 Å². The number of hydrogen-bond acceptors (Lipinski definition) is 2. The van der Waals surface area contributed by atoms with Gasteiger partial charge in [-0.25, -0.2) is 4.39 Å². The highest BCUT2D eigenvalue weighted by Gasteiger charge is 2.10. The SMILES string of the molecule is Cc1ccc(-c2cc(C)c(=O)n(-c3cccc(F)c3)n2)cc1C. The van der Waals surface area contributed by atoms with E-state index in [0.29, 0.717) is 16.9 Å². The zero-order chi connectivity index (χ0) is 16.6. The van der Waals surface area contributed by atoms with E-state index in [4.69, 9.17) is 0 Å². The van der Waals surface area contributed by atoms with Gasteiger partial charge >= 0.3 is 0 Å². The Morgan fingerprint density at radius 3 is 2.39 bits per heavy atom. The molecular weight excluding hydrogens is 291 g/mol. The first-order valence-electron chi connectivity index (χ1n) is 7.40. The zero-order valence-electron chi connectivity index (χ0n) is 13.3. The third kappa shape index (κ3) is 2.93. The molecule has 0 bridgehead atoms. The molecular formula is C19H17FN2O. The van der Waals surface area contributed by atoms with Gasteiger partial charge in [0.05, 0.1) is 11.4 Å². The molecule has 0 spiro atoms. The summed E-state index contributed by atoms with van der Waals surface area (Å²) < 4.78 is 14.7. The summed E-state index contributed by atoms with van der Waals surface area (Å²) in [5.74, 6) is -0.398. The van der Waals surface area contributed by atoms with E-state index in [0.717, 1.165) is 11.1 Å². The fourth-order valence-corrected chi connectivity index (χ4v) is 2.44. The second kappa shape index (κ2) is 5.80. The Hall–Kier alpha value is -2.75. The minimum Gasteiger partial charge on any atom is -0.267 e. The van der Waals surface area contributed by atoms with Crippen LogP contribution in [0, 0.1) is 26.6 Å². The maximum absolute atomic E-state index is 13.5. The fourth-order valence-electron chi connectivity index (χ4n) is 2.44. The van der Waals surface area contributed by atoms with E-state index in [2.05, 4.69) is 5.10 Å². The van der Waals surface area contributed by atoms with Crippen molar-refractivity contribution in [2.45, 2.75) is 20.8 Å². The summed E-state index contributed by atoms with van der Waals surface area (Å²) in [6.07, 6.45) is 0. The molecule has 0 aliphatic heterocycles. The maximum atomic E-state index is 13.5. The van der Waals surface area contributed by atoms with E-state index >= 15 is 0 Å². The average Bonchev–Trinajstić information content (AvgIpc) is 2.52. The summed E-state index contributed by atoms with van der Waals surface area (Å²) >= 11 is 0. The molecule has 116 valence electrons. The van der Waals surface area contributed by atoms with E-state index < -0.39 is 5.82 Å². The molecule has 1 heterocycles. The highest BCUT2D eigenvalue weighted by Crippen LogP contribution is 2.21. The number of nitrogens with zero attached hydrogens (tertiary/aromatic N) is 2. The van der Waals surface area contributed by atoms with Crippen LogP contribution in [0.3, 0.4) is 0 Å². The van der Waals surface area contributed by atoms with Crippen LogP contribution in [-0.2, 0) is 0 Å². The third-order valence-electron chi connectivity index (χ3n) is 3.95. The van der Waals surface area contributed by atoms with Crippen LogP contribution in [0.4, 0.5) is 4.39 Å². The van der Waals surface area contributed by atoms with Gasteiger partial charge in [-0.3, -0.25) is 4.79 Å². The Morgan fingerprint density at radius 2 is 1.70 bits per heavy atom. The minimum absolute atomic E-state index is 0.247. The number of aryl methyl sites for hydroxylation is 3. The molecule has 3 nitrogen and oxygen atoms in total. The van der Waals surface area contributed by atoms with E-state index in [1.807, 2.05) is 32.0 Å². The Morgan fingerprint density at radius 1 is 0.913 bits per heavy atom. The summed E-state index contributed by atoms with van der Waals surface area (Å²) in [5, 5.41) is 4.42. The van der Waals surface area contributed by atoms with Gasteiger partial charge in [0.25, 0.3) is 5.56 Å². The van der Waals surface area contributed by atoms with Gasteiger partial charge in [0, 0.05) is 11.1 Å². The molecule has 23 heavy (non-hydrogen) atoms. The van der Waals surface area contributed by atoms with Crippen molar-refractivity contribution in [1.82, 2.24) is 9.78 Å². The number of halogens is 1. The first-order valence-corrected chi connectivity index (χ1v) is 7.40. The Balaban J connectivity index is 2.21. The lowest BCUT2D eigenvalue weighted by atomic mass is 10.0. The summed E-state index contributed by atoms with van der Waals surface area (Å²) in [4.78, 5) is 12.4. The molecule has 0 amide bonds. The summed E-state index contributed by atoms with van der Waals surface area (Å²) in [5.41, 5.74) is 4.72. The molecule has 2 aromatic carbocycles. The predicted molar refractivity (Wildman–Crippen MR) is 89.4 cm³/mol. The molecule has 0 unspecified atom stereocenters. The topological polar surface area (TPSA) is 34.9 Å².